The number of quaternary nitrogens is 1. The van der Waals surface area contributed by atoms with Crippen LogP contribution in [-0.2, 0) is 4.79 Å². The highest BCUT2D eigenvalue weighted by Gasteiger charge is 2.21. The molecule has 1 aliphatic heterocycles. The van der Waals surface area contributed by atoms with E-state index in [4.69, 9.17) is 4.74 Å². The van der Waals surface area contributed by atoms with Crippen molar-refractivity contribution in [2.24, 2.45) is 0 Å². The van der Waals surface area contributed by atoms with Gasteiger partial charge in [-0.2, -0.15) is 0 Å². The van der Waals surface area contributed by atoms with Crippen LogP contribution in [0.1, 0.15) is 11.1 Å². The zero-order valence-corrected chi connectivity index (χ0v) is 12.0. The van der Waals surface area contributed by atoms with Gasteiger partial charge < -0.3 is 14.5 Å². The lowest BCUT2D eigenvalue weighted by Crippen LogP contribution is -3.12. The van der Waals surface area contributed by atoms with Gasteiger partial charge in [0.1, 0.15) is 5.75 Å². The number of carbonyl (C=O) groups is 1. The predicted octanol–water partition coefficient (Wildman–Crippen LogP) is 0.0391. The summed E-state index contributed by atoms with van der Waals surface area (Å²) in [7, 11) is 2.16. The number of rotatable bonds is 3. The Morgan fingerprint density at radius 2 is 1.79 bits per heavy atom. The highest BCUT2D eigenvalue weighted by Crippen LogP contribution is 2.16. The molecule has 4 nitrogen and oxygen atoms in total. The van der Waals surface area contributed by atoms with E-state index in [9.17, 15) is 4.79 Å². The van der Waals surface area contributed by atoms with Gasteiger partial charge in [0, 0.05) is 0 Å². The number of benzene rings is 1. The van der Waals surface area contributed by atoms with E-state index >= 15 is 0 Å². The van der Waals surface area contributed by atoms with E-state index < -0.39 is 0 Å². The van der Waals surface area contributed by atoms with Crippen LogP contribution >= 0.6 is 0 Å². The first-order chi connectivity index (χ1) is 9.04. The van der Waals surface area contributed by atoms with Crippen molar-refractivity contribution in [3.63, 3.8) is 0 Å². The van der Waals surface area contributed by atoms with Crippen molar-refractivity contribution in [2.75, 3.05) is 39.8 Å². The maximum atomic E-state index is 12.0. The third-order valence-corrected chi connectivity index (χ3v) is 3.53. The molecule has 2 rings (SSSR count). The number of carbonyl (C=O) groups excluding carboxylic acids is 1. The Morgan fingerprint density at radius 1 is 1.21 bits per heavy atom. The van der Waals surface area contributed by atoms with Crippen LogP contribution in [0, 0.1) is 13.8 Å². The molecule has 1 aliphatic rings. The summed E-state index contributed by atoms with van der Waals surface area (Å²) in [5, 5.41) is 0. The summed E-state index contributed by atoms with van der Waals surface area (Å²) < 4.78 is 5.61. The van der Waals surface area contributed by atoms with E-state index in [-0.39, 0.29) is 12.5 Å². The van der Waals surface area contributed by atoms with Crippen molar-refractivity contribution in [1.29, 1.82) is 0 Å². The molecular weight excluding hydrogens is 240 g/mol. The molecular formula is C15H23N2O2+. The smallest absolute Gasteiger partial charge is 0.260 e. The van der Waals surface area contributed by atoms with Gasteiger partial charge in [-0.25, -0.2) is 0 Å². The van der Waals surface area contributed by atoms with Gasteiger partial charge >= 0.3 is 0 Å². The summed E-state index contributed by atoms with van der Waals surface area (Å²) in [6.45, 7) is 7.92. The Morgan fingerprint density at radius 3 is 2.37 bits per heavy atom. The molecule has 19 heavy (non-hydrogen) atoms. The monoisotopic (exact) mass is 263 g/mol. The fraction of sp³-hybridized carbons (Fsp3) is 0.533. The van der Waals surface area contributed by atoms with Crippen molar-refractivity contribution in [3.8, 4) is 5.75 Å². The summed E-state index contributed by atoms with van der Waals surface area (Å²) in [5.74, 6) is 0.872. The zero-order chi connectivity index (χ0) is 13.8. The molecule has 0 aliphatic carbocycles. The minimum Gasteiger partial charge on any atom is -0.484 e. The number of hydrogen-bond acceptors (Lipinski definition) is 2. The van der Waals surface area contributed by atoms with Crippen molar-refractivity contribution in [1.82, 2.24) is 4.90 Å². The van der Waals surface area contributed by atoms with E-state index in [0.29, 0.717) is 0 Å². The largest absolute Gasteiger partial charge is 0.484 e. The molecule has 0 spiro atoms. The Balaban J connectivity index is 1.86. The van der Waals surface area contributed by atoms with Crippen molar-refractivity contribution in [3.05, 3.63) is 29.3 Å². The van der Waals surface area contributed by atoms with Gasteiger partial charge in [-0.05, 0) is 37.1 Å². The van der Waals surface area contributed by atoms with E-state index in [1.165, 1.54) is 4.90 Å². The molecule has 1 amide bonds. The van der Waals surface area contributed by atoms with Gasteiger partial charge in [0.25, 0.3) is 5.91 Å². The van der Waals surface area contributed by atoms with Gasteiger partial charge in [0.15, 0.2) is 6.61 Å². The fourth-order valence-electron chi connectivity index (χ4n) is 2.39. The Kier molecular flexibility index (Phi) is 4.43. The molecule has 0 atom stereocenters. The summed E-state index contributed by atoms with van der Waals surface area (Å²) in [6.07, 6.45) is 0. The average Bonchev–Trinajstić information content (AvgIpc) is 2.36. The standard InChI is InChI=1S/C15H22N2O2/c1-12-8-13(2)10-14(9-12)19-11-15(18)17-6-4-16(3)5-7-17/h8-10H,4-7,11H2,1-3H3/p+1. The molecule has 104 valence electrons. The lowest BCUT2D eigenvalue weighted by atomic mass is 10.1. The van der Waals surface area contributed by atoms with Crippen LogP contribution < -0.4 is 9.64 Å². The summed E-state index contributed by atoms with van der Waals surface area (Å²) >= 11 is 0. The van der Waals surface area contributed by atoms with E-state index in [2.05, 4.69) is 13.1 Å². The van der Waals surface area contributed by atoms with Crippen LogP contribution in [0.25, 0.3) is 0 Å². The highest BCUT2D eigenvalue weighted by atomic mass is 16.5. The van der Waals surface area contributed by atoms with E-state index in [0.717, 1.165) is 43.1 Å². The van der Waals surface area contributed by atoms with Crippen molar-refractivity contribution in [2.45, 2.75) is 13.8 Å². The second kappa shape index (κ2) is 6.06. The minimum absolute atomic E-state index is 0.0895. The SMILES string of the molecule is Cc1cc(C)cc(OCC(=O)N2CC[NH+](C)CC2)c1. The van der Waals surface area contributed by atoms with Crippen LogP contribution in [-0.4, -0.2) is 50.6 Å². The van der Waals surface area contributed by atoms with Crippen molar-refractivity contribution < 1.29 is 14.4 Å². The topological polar surface area (TPSA) is 34.0 Å². The number of ether oxygens (including phenoxy) is 1. The van der Waals surface area contributed by atoms with Crippen molar-refractivity contribution >= 4 is 5.91 Å². The Hall–Kier alpha value is -1.55. The number of likely N-dealkylation sites (N-methyl/N-ethyl adjacent to an activating group) is 1. The van der Waals surface area contributed by atoms with Crippen LogP contribution in [0.2, 0.25) is 0 Å². The van der Waals surface area contributed by atoms with Crippen LogP contribution in [0.4, 0.5) is 0 Å². The third-order valence-electron chi connectivity index (χ3n) is 3.53. The minimum atomic E-state index is 0.0895. The molecule has 1 fully saturated rings. The van der Waals surface area contributed by atoms with Gasteiger partial charge in [-0.15, -0.1) is 0 Å². The number of hydrogen-bond donors (Lipinski definition) is 1. The summed E-state index contributed by atoms with van der Waals surface area (Å²) in [4.78, 5) is 15.4. The maximum absolute atomic E-state index is 12.0. The molecule has 4 heteroatoms. The quantitative estimate of drug-likeness (QED) is 0.835. The predicted molar refractivity (Wildman–Crippen MR) is 74.6 cm³/mol. The maximum Gasteiger partial charge on any atom is 0.260 e. The normalized spacial score (nSPS) is 16.5. The second-order valence-electron chi connectivity index (χ2n) is 5.45. The molecule has 1 saturated heterocycles. The molecule has 0 unspecified atom stereocenters. The van der Waals surface area contributed by atoms with Gasteiger partial charge in [0.2, 0.25) is 0 Å². The third kappa shape index (κ3) is 3.96. The van der Waals surface area contributed by atoms with Gasteiger partial charge in [0.05, 0.1) is 33.2 Å². The Labute approximate surface area is 115 Å². The number of piperazine rings is 1. The van der Waals surface area contributed by atoms with Crippen LogP contribution in [0.3, 0.4) is 0 Å². The van der Waals surface area contributed by atoms with E-state index in [1.54, 1.807) is 0 Å². The molecule has 0 bridgehead atoms. The molecule has 1 N–H and O–H groups in total. The zero-order valence-electron chi connectivity index (χ0n) is 12.0. The van der Waals surface area contributed by atoms with Gasteiger partial charge in [-0.3, -0.25) is 4.79 Å². The molecule has 0 aromatic heterocycles. The van der Waals surface area contributed by atoms with Crippen LogP contribution in [0.5, 0.6) is 5.75 Å². The average molecular weight is 263 g/mol. The number of aryl methyl sites for hydroxylation is 2. The number of nitrogens with zero attached hydrogens (tertiary/aromatic N) is 1. The summed E-state index contributed by atoms with van der Waals surface area (Å²) in [5.41, 5.74) is 2.32. The van der Waals surface area contributed by atoms with Gasteiger partial charge in [-0.1, -0.05) is 6.07 Å². The number of nitrogens with one attached hydrogen (secondary N) is 1. The summed E-state index contributed by atoms with van der Waals surface area (Å²) in [6, 6.07) is 6.03. The molecule has 0 saturated carbocycles. The highest BCUT2D eigenvalue weighted by molar-refractivity contribution is 5.77. The second-order valence-corrected chi connectivity index (χ2v) is 5.45. The first-order valence-corrected chi connectivity index (χ1v) is 6.85. The Bertz CT molecular complexity index is 431. The fourth-order valence-corrected chi connectivity index (χ4v) is 2.39. The molecule has 0 radical (unpaired) electrons. The molecule has 1 aromatic carbocycles. The first-order valence-electron chi connectivity index (χ1n) is 6.85. The lowest BCUT2D eigenvalue weighted by Gasteiger charge is -2.30. The molecule has 1 aromatic rings. The number of amides is 1. The van der Waals surface area contributed by atoms with E-state index in [1.807, 2.05) is 30.9 Å². The van der Waals surface area contributed by atoms with Crippen LogP contribution in [0.15, 0.2) is 18.2 Å². The lowest BCUT2D eigenvalue weighted by molar-refractivity contribution is -0.883. The molecule has 1 heterocycles. The first kappa shape index (κ1) is 13.9.